The van der Waals surface area contributed by atoms with Gasteiger partial charge in [0.2, 0.25) is 0 Å². The van der Waals surface area contributed by atoms with Crippen LogP contribution in [0, 0.1) is 5.82 Å². The number of aromatic nitrogens is 1. The standard InChI is InChI=1S/C17H14Cl2FN3O3S/c1-3-25-17(24)26-14-8(2)22-16(13-15(19)27-7-21-13)23-12(14)10-5-4-9(20)6-11(10)18/h4-7,12H,3H2,1-2H3,(H,22,23). The summed E-state index contributed by atoms with van der Waals surface area (Å²) in [7, 11) is 0. The van der Waals surface area contributed by atoms with Gasteiger partial charge in [-0.15, -0.1) is 11.3 Å². The van der Waals surface area contributed by atoms with E-state index in [1.807, 2.05) is 0 Å². The topological polar surface area (TPSA) is 72.8 Å². The molecule has 0 amide bonds. The van der Waals surface area contributed by atoms with Crippen LogP contribution in [0.15, 0.2) is 40.2 Å². The monoisotopic (exact) mass is 429 g/mol. The molecule has 0 saturated carbocycles. The van der Waals surface area contributed by atoms with Gasteiger partial charge in [-0.3, -0.25) is 0 Å². The van der Waals surface area contributed by atoms with Gasteiger partial charge in [-0.25, -0.2) is 19.2 Å². The van der Waals surface area contributed by atoms with Crippen LogP contribution >= 0.6 is 34.5 Å². The van der Waals surface area contributed by atoms with Crippen molar-refractivity contribution in [1.82, 2.24) is 10.3 Å². The zero-order chi connectivity index (χ0) is 19.6. The summed E-state index contributed by atoms with van der Waals surface area (Å²) in [5.41, 5.74) is 3.01. The molecule has 1 unspecified atom stereocenters. The first-order valence-corrected chi connectivity index (χ1v) is 9.48. The maximum atomic E-state index is 13.5. The first-order chi connectivity index (χ1) is 12.9. The number of carbonyl (C=O) groups is 1. The van der Waals surface area contributed by atoms with Gasteiger partial charge in [-0.1, -0.05) is 29.3 Å². The quantitative estimate of drug-likeness (QED) is 0.685. The van der Waals surface area contributed by atoms with Crippen LogP contribution < -0.4 is 5.32 Å². The number of hydrogen-bond donors (Lipinski definition) is 1. The van der Waals surface area contributed by atoms with Gasteiger partial charge in [0.25, 0.3) is 0 Å². The molecular formula is C17H14Cl2FN3O3S. The van der Waals surface area contributed by atoms with Crippen LogP contribution in [-0.2, 0) is 9.47 Å². The maximum absolute atomic E-state index is 13.5. The number of amidine groups is 1. The first kappa shape index (κ1) is 19.6. The number of thiazole rings is 1. The van der Waals surface area contributed by atoms with E-state index in [9.17, 15) is 9.18 Å². The Morgan fingerprint density at radius 1 is 1.41 bits per heavy atom. The number of carbonyl (C=O) groups excluding carboxylic acids is 1. The van der Waals surface area contributed by atoms with Gasteiger partial charge in [0.15, 0.2) is 11.6 Å². The molecule has 1 aliphatic rings. The van der Waals surface area contributed by atoms with Gasteiger partial charge in [0.1, 0.15) is 21.9 Å². The summed E-state index contributed by atoms with van der Waals surface area (Å²) in [6.45, 7) is 3.52. The molecule has 3 rings (SSSR count). The molecule has 1 atom stereocenters. The Labute approximate surface area is 168 Å². The van der Waals surface area contributed by atoms with Crippen molar-refractivity contribution >= 4 is 46.5 Å². The van der Waals surface area contributed by atoms with E-state index in [0.29, 0.717) is 27.1 Å². The van der Waals surface area contributed by atoms with Gasteiger partial charge in [0.05, 0.1) is 17.8 Å². The molecule has 1 aromatic carbocycles. The van der Waals surface area contributed by atoms with Crippen molar-refractivity contribution in [3.8, 4) is 0 Å². The highest BCUT2D eigenvalue weighted by Gasteiger charge is 2.31. The molecule has 27 heavy (non-hydrogen) atoms. The summed E-state index contributed by atoms with van der Waals surface area (Å²) in [6.07, 6.45) is -0.873. The third-order valence-electron chi connectivity index (χ3n) is 3.64. The van der Waals surface area contributed by atoms with Crippen molar-refractivity contribution in [2.24, 2.45) is 4.99 Å². The second-order valence-corrected chi connectivity index (χ2v) is 7.28. The number of nitrogens with zero attached hydrogens (tertiary/aromatic N) is 2. The molecule has 1 N–H and O–H groups in total. The van der Waals surface area contributed by atoms with Gasteiger partial charge in [0, 0.05) is 10.6 Å². The maximum Gasteiger partial charge on any atom is 0.513 e. The van der Waals surface area contributed by atoms with Crippen LogP contribution in [0.3, 0.4) is 0 Å². The minimum Gasteiger partial charge on any atom is -0.434 e. The summed E-state index contributed by atoms with van der Waals surface area (Å²) in [6, 6.07) is 3.10. The number of allylic oxidation sites excluding steroid dienone is 1. The molecule has 0 aliphatic carbocycles. The van der Waals surface area contributed by atoms with Crippen molar-refractivity contribution in [1.29, 1.82) is 0 Å². The average molecular weight is 430 g/mol. The van der Waals surface area contributed by atoms with E-state index in [2.05, 4.69) is 15.3 Å². The summed E-state index contributed by atoms with van der Waals surface area (Å²) in [5, 5.41) is 3.17. The second kappa shape index (κ2) is 8.24. The molecule has 142 valence electrons. The Balaban J connectivity index is 2.07. The number of halogens is 3. The average Bonchev–Trinajstić information content (AvgIpc) is 3.03. The van der Waals surface area contributed by atoms with Crippen molar-refractivity contribution in [3.05, 3.63) is 61.6 Å². The van der Waals surface area contributed by atoms with Crippen LogP contribution in [0.25, 0.3) is 0 Å². The molecule has 2 heterocycles. The molecule has 0 fully saturated rings. The molecular weight excluding hydrogens is 416 g/mol. The third kappa shape index (κ3) is 4.23. The second-order valence-electron chi connectivity index (χ2n) is 5.42. The summed E-state index contributed by atoms with van der Waals surface area (Å²) in [5.74, 6) is 0.0930. The lowest BCUT2D eigenvalue weighted by molar-refractivity contribution is 0.0763. The number of hydrogen-bond acceptors (Lipinski definition) is 7. The van der Waals surface area contributed by atoms with Gasteiger partial charge in [-0.2, -0.15) is 0 Å². The SMILES string of the molecule is CCOC(=O)OC1=C(C)NC(c2ncsc2Cl)=NC1c1ccc(F)cc1Cl. The minimum absolute atomic E-state index is 0.145. The van der Waals surface area contributed by atoms with Crippen LogP contribution in [-0.4, -0.2) is 23.6 Å². The lowest BCUT2D eigenvalue weighted by atomic mass is 10.0. The summed E-state index contributed by atoms with van der Waals surface area (Å²) < 4.78 is 24.1. The van der Waals surface area contributed by atoms with E-state index in [-0.39, 0.29) is 17.4 Å². The molecule has 0 bridgehead atoms. The van der Waals surface area contributed by atoms with Crippen molar-refractivity contribution < 1.29 is 18.7 Å². The van der Waals surface area contributed by atoms with E-state index in [0.717, 1.165) is 0 Å². The van der Waals surface area contributed by atoms with E-state index < -0.39 is 18.0 Å². The number of nitrogens with one attached hydrogen (secondary N) is 1. The fourth-order valence-electron chi connectivity index (χ4n) is 2.47. The Bertz CT molecular complexity index is 945. The molecule has 6 nitrogen and oxygen atoms in total. The highest BCUT2D eigenvalue weighted by molar-refractivity contribution is 7.14. The summed E-state index contributed by atoms with van der Waals surface area (Å²) in [4.78, 5) is 20.6. The fourth-order valence-corrected chi connectivity index (χ4v) is 3.51. The van der Waals surface area contributed by atoms with Crippen molar-refractivity contribution in [2.45, 2.75) is 19.9 Å². The number of aliphatic imine (C=N–C) groups is 1. The highest BCUT2D eigenvalue weighted by atomic mass is 35.5. The van der Waals surface area contributed by atoms with E-state index in [4.69, 9.17) is 32.7 Å². The highest BCUT2D eigenvalue weighted by Crippen LogP contribution is 2.37. The van der Waals surface area contributed by atoms with Crippen molar-refractivity contribution in [2.75, 3.05) is 6.61 Å². The van der Waals surface area contributed by atoms with Crippen LogP contribution in [0.5, 0.6) is 0 Å². The van der Waals surface area contributed by atoms with E-state index in [1.165, 1.54) is 29.5 Å². The number of rotatable bonds is 4. The fraction of sp³-hybridized carbons (Fsp3) is 0.235. The Hall–Kier alpha value is -2.16. The molecule has 0 radical (unpaired) electrons. The van der Waals surface area contributed by atoms with E-state index >= 15 is 0 Å². The molecule has 2 aromatic rings. The Morgan fingerprint density at radius 2 is 2.19 bits per heavy atom. The first-order valence-electron chi connectivity index (χ1n) is 7.85. The van der Waals surface area contributed by atoms with Crippen molar-refractivity contribution in [3.63, 3.8) is 0 Å². The van der Waals surface area contributed by atoms with Gasteiger partial charge < -0.3 is 14.8 Å². The number of benzene rings is 1. The Kier molecular flexibility index (Phi) is 5.98. The van der Waals surface area contributed by atoms with E-state index in [1.54, 1.807) is 19.4 Å². The lowest BCUT2D eigenvalue weighted by Crippen LogP contribution is -2.32. The smallest absolute Gasteiger partial charge is 0.434 e. The summed E-state index contributed by atoms with van der Waals surface area (Å²) >= 11 is 13.6. The minimum atomic E-state index is -0.873. The largest absolute Gasteiger partial charge is 0.513 e. The zero-order valence-corrected chi connectivity index (χ0v) is 16.6. The predicted octanol–water partition coefficient (Wildman–Crippen LogP) is 5.08. The molecule has 10 heteroatoms. The molecule has 0 saturated heterocycles. The van der Waals surface area contributed by atoms with Crippen LogP contribution in [0.2, 0.25) is 9.36 Å². The van der Waals surface area contributed by atoms with Crippen LogP contribution in [0.1, 0.15) is 31.1 Å². The Morgan fingerprint density at radius 3 is 2.81 bits per heavy atom. The predicted molar refractivity (Wildman–Crippen MR) is 102 cm³/mol. The van der Waals surface area contributed by atoms with Gasteiger partial charge in [-0.05, 0) is 26.0 Å². The number of ether oxygens (including phenoxy) is 2. The molecule has 0 spiro atoms. The zero-order valence-electron chi connectivity index (χ0n) is 14.3. The lowest BCUT2D eigenvalue weighted by Gasteiger charge is -2.26. The normalized spacial score (nSPS) is 16.6. The third-order valence-corrected chi connectivity index (χ3v) is 5.03. The molecule has 1 aromatic heterocycles. The van der Waals surface area contributed by atoms with Gasteiger partial charge >= 0.3 is 6.16 Å². The molecule has 1 aliphatic heterocycles. The van der Waals surface area contributed by atoms with Crippen LogP contribution in [0.4, 0.5) is 9.18 Å².